The highest BCUT2D eigenvalue weighted by Gasteiger charge is 2.53. The Kier molecular flexibility index (Phi) is 6.28. The van der Waals surface area contributed by atoms with Crippen LogP contribution in [-0.2, 0) is 31.1 Å². The molecule has 2 aliphatic heterocycles. The number of ether oxygens (including phenoxy) is 2. The highest BCUT2D eigenvalue weighted by Crippen LogP contribution is 2.57. The van der Waals surface area contributed by atoms with Gasteiger partial charge in [-0.3, -0.25) is 0 Å². The molecular formula is C20H18N2O11S2. The molecule has 8 N–H and O–H groups in total. The molecule has 0 unspecified atom stereocenters. The van der Waals surface area contributed by atoms with Gasteiger partial charge in [0.15, 0.2) is 5.60 Å². The predicted molar refractivity (Wildman–Crippen MR) is 117 cm³/mol. The van der Waals surface area contributed by atoms with Crippen LogP contribution < -0.4 is 25.4 Å². The largest absolute Gasteiger partial charge is 0.716 e. The van der Waals surface area contributed by atoms with Gasteiger partial charge in [0.25, 0.3) is 20.8 Å². The fourth-order valence-electron chi connectivity index (χ4n) is 3.98. The summed E-state index contributed by atoms with van der Waals surface area (Å²) in [4.78, 5) is 12.7. The van der Waals surface area contributed by atoms with Crippen LogP contribution in [0.4, 0.5) is 0 Å². The highest BCUT2D eigenvalue weighted by atomic mass is 32.3. The van der Waals surface area contributed by atoms with Gasteiger partial charge in [0.2, 0.25) is 0 Å². The minimum atomic E-state index is -5.09. The van der Waals surface area contributed by atoms with Crippen molar-refractivity contribution >= 4 is 26.8 Å². The molecule has 0 aromatic heterocycles. The van der Waals surface area contributed by atoms with Gasteiger partial charge >= 0.3 is 5.97 Å². The van der Waals surface area contributed by atoms with Gasteiger partial charge in [0.05, 0.1) is 5.56 Å². The SMILES string of the molecule is O=C1OC2(c3ccc(OS(=O)(=O)[O-])cc3Oc3cc(OS(=O)(=O)[O-])ccc32)c2ccccc21.[NH4+].[NH4+]. The Morgan fingerprint density at radius 3 is 1.69 bits per heavy atom. The zero-order chi connectivity index (χ0) is 23.6. The summed E-state index contributed by atoms with van der Waals surface area (Å²) >= 11 is 0. The maximum atomic E-state index is 12.7. The van der Waals surface area contributed by atoms with Crippen molar-refractivity contribution in [1.29, 1.82) is 0 Å². The molecule has 3 aromatic carbocycles. The van der Waals surface area contributed by atoms with E-state index >= 15 is 0 Å². The number of carbonyl (C=O) groups is 1. The van der Waals surface area contributed by atoms with Gasteiger partial charge in [-0.25, -0.2) is 21.6 Å². The van der Waals surface area contributed by atoms with Crippen molar-refractivity contribution in [3.63, 3.8) is 0 Å². The van der Waals surface area contributed by atoms with Gasteiger partial charge < -0.3 is 39.2 Å². The van der Waals surface area contributed by atoms with Crippen LogP contribution in [0.3, 0.4) is 0 Å². The lowest BCUT2D eigenvalue weighted by atomic mass is 9.77. The predicted octanol–water partition coefficient (Wildman–Crippen LogP) is 2.68. The van der Waals surface area contributed by atoms with E-state index in [0.717, 1.165) is 12.1 Å². The molecule has 0 radical (unpaired) electrons. The highest BCUT2D eigenvalue weighted by molar-refractivity contribution is 7.81. The molecule has 0 aliphatic carbocycles. The molecule has 2 heterocycles. The van der Waals surface area contributed by atoms with Crippen LogP contribution >= 0.6 is 0 Å². The first-order valence-corrected chi connectivity index (χ1v) is 11.7. The first-order valence-electron chi connectivity index (χ1n) is 9.07. The van der Waals surface area contributed by atoms with Gasteiger partial charge in [-0.05, 0) is 30.3 Å². The van der Waals surface area contributed by atoms with Crippen LogP contribution in [0, 0.1) is 0 Å². The minimum Gasteiger partial charge on any atom is -0.716 e. The second-order valence-electron chi connectivity index (χ2n) is 7.02. The molecule has 0 amide bonds. The van der Waals surface area contributed by atoms with Crippen LogP contribution in [0.5, 0.6) is 23.0 Å². The zero-order valence-electron chi connectivity index (χ0n) is 18.1. The number of hydrogen-bond acceptors (Lipinski definition) is 11. The molecule has 13 nitrogen and oxygen atoms in total. The Balaban J connectivity index is 0.00000171. The molecule has 0 atom stereocenters. The molecule has 0 saturated heterocycles. The molecule has 15 heteroatoms. The average Bonchev–Trinajstić information content (AvgIpc) is 2.99. The van der Waals surface area contributed by atoms with Crippen molar-refractivity contribution in [1.82, 2.24) is 12.3 Å². The topological polar surface area (TPSA) is 241 Å². The Bertz CT molecular complexity index is 1470. The minimum absolute atomic E-state index is 0. The van der Waals surface area contributed by atoms with E-state index in [0.29, 0.717) is 5.56 Å². The van der Waals surface area contributed by atoms with Crippen molar-refractivity contribution < 1.29 is 48.6 Å². The Morgan fingerprint density at radius 2 is 1.20 bits per heavy atom. The van der Waals surface area contributed by atoms with Crippen LogP contribution in [0.2, 0.25) is 0 Å². The van der Waals surface area contributed by atoms with Crippen molar-refractivity contribution in [2.24, 2.45) is 0 Å². The molecule has 5 rings (SSSR count). The lowest BCUT2D eigenvalue weighted by molar-refractivity contribution is 0.0224. The third-order valence-corrected chi connectivity index (χ3v) is 5.85. The monoisotopic (exact) mass is 526 g/mol. The van der Waals surface area contributed by atoms with Crippen molar-refractivity contribution in [2.45, 2.75) is 5.60 Å². The second-order valence-corrected chi connectivity index (χ2v) is 8.98. The van der Waals surface area contributed by atoms with E-state index < -0.39 is 32.4 Å². The van der Waals surface area contributed by atoms with Gasteiger partial charge in [0, 0.05) is 28.8 Å². The standard InChI is InChI=1S/C20H12O11S2.2H3N/c21-19-13-3-1-2-4-14(13)20(29-19)15-7-5-11(30-32(22,23)24)9-17(15)28-18-10-12(6-8-16(18)20)31-33(25,26)27;;/h1-10H,(H,22,23,24)(H,25,26,27);2*1H3. The molecule has 3 aromatic rings. The van der Waals surface area contributed by atoms with E-state index in [1.807, 2.05) is 0 Å². The lowest BCUT2D eigenvalue weighted by Crippen LogP contribution is -2.33. The molecule has 0 bridgehead atoms. The summed E-state index contributed by atoms with van der Waals surface area (Å²) in [6, 6.07) is 13.9. The number of benzene rings is 3. The molecule has 0 fully saturated rings. The van der Waals surface area contributed by atoms with E-state index in [2.05, 4.69) is 8.37 Å². The van der Waals surface area contributed by atoms with Gasteiger partial charge in [0.1, 0.15) is 23.0 Å². The number of quaternary nitrogens is 2. The van der Waals surface area contributed by atoms with E-state index in [1.54, 1.807) is 24.3 Å². The molecule has 1 spiro atoms. The molecule has 0 saturated carbocycles. The van der Waals surface area contributed by atoms with Crippen molar-refractivity contribution in [2.75, 3.05) is 0 Å². The number of fused-ring (bicyclic) bond motifs is 6. The summed E-state index contributed by atoms with van der Waals surface area (Å²) in [5.41, 5.74) is -0.277. The normalized spacial score (nSPS) is 14.7. The van der Waals surface area contributed by atoms with Crippen molar-refractivity contribution in [3.05, 3.63) is 82.9 Å². The smallest absolute Gasteiger partial charge is 0.340 e. The summed E-state index contributed by atoms with van der Waals surface area (Å²) in [7, 11) is -10.2. The number of hydrogen-bond donors (Lipinski definition) is 2. The van der Waals surface area contributed by atoms with Crippen molar-refractivity contribution in [3.8, 4) is 23.0 Å². The fourth-order valence-corrected chi connectivity index (χ4v) is 4.65. The fraction of sp³-hybridized carbons (Fsp3) is 0.0500. The second kappa shape index (κ2) is 8.49. The van der Waals surface area contributed by atoms with E-state index in [-0.39, 0.29) is 52.0 Å². The van der Waals surface area contributed by atoms with E-state index in [9.17, 15) is 30.7 Å². The summed E-state index contributed by atoms with van der Waals surface area (Å²) in [6.07, 6.45) is 0. The zero-order valence-corrected chi connectivity index (χ0v) is 19.7. The Morgan fingerprint density at radius 1 is 0.714 bits per heavy atom. The van der Waals surface area contributed by atoms with Crippen LogP contribution in [-0.4, -0.2) is 31.9 Å². The summed E-state index contributed by atoms with van der Waals surface area (Å²) in [5.74, 6) is -1.47. The van der Waals surface area contributed by atoms with Crippen LogP contribution in [0.1, 0.15) is 27.0 Å². The van der Waals surface area contributed by atoms with E-state index in [4.69, 9.17) is 9.47 Å². The van der Waals surface area contributed by atoms with Crippen LogP contribution in [0.15, 0.2) is 60.7 Å². The number of carbonyl (C=O) groups excluding carboxylic acids is 1. The van der Waals surface area contributed by atoms with Gasteiger partial charge in [-0.2, -0.15) is 0 Å². The molecule has 2 aliphatic rings. The van der Waals surface area contributed by atoms with E-state index in [1.165, 1.54) is 24.3 Å². The third-order valence-electron chi connectivity index (χ3n) is 5.05. The molecular weight excluding hydrogens is 508 g/mol. The summed E-state index contributed by atoms with van der Waals surface area (Å²) in [6.45, 7) is 0. The molecule has 35 heavy (non-hydrogen) atoms. The van der Waals surface area contributed by atoms with Gasteiger partial charge in [-0.15, -0.1) is 0 Å². The number of rotatable bonds is 4. The Labute approximate surface area is 199 Å². The quantitative estimate of drug-likeness (QED) is 0.284. The lowest BCUT2D eigenvalue weighted by Gasteiger charge is -2.36. The van der Waals surface area contributed by atoms with Gasteiger partial charge in [-0.1, -0.05) is 18.2 Å². The maximum Gasteiger partial charge on any atom is 0.340 e. The average molecular weight is 527 g/mol. The number of esters is 1. The molecule has 186 valence electrons. The maximum absolute atomic E-state index is 12.7. The first kappa shape index (κ1) is 25.9. The summed E-state index contributed by atoms with van der Waals surface area (Å²) < 4.78 is 86.4. The third kappa shape index (κ3) is 4.39. The first-order chi connectivity index (χ1) is 15.5. The summed E-state index contributed by atoms with van der Waals surface area (Å²) in [5, 5.41) is 0. The Hall–Kier alpha value is -3.73. The van der Waals surface area contributed by atoms with Crippen LogP contribution in [0.25, 0.3) is 0 Å².